The first kappa shape index (κ1) is 29.9. The summed E-state index contributed by atoms with van der Waals surface area (Å²) in [7, 11) is 0. The number of fused-ring (bicyclic) bond motifs is 8. The maximum atomic E-state index is 2.52. The predicted molar refractivity (Wildman–Crippen MR) is 225 cm³/mol. The van der Waals surface area contributed by atoms with Crippen molar-refractivity contribution in [3.05, 3.63) is 229 Å². The molecule has 0 spiro atoms. The molecule has 10 aromatic rings. The monoisotopic (exact) mass is 670 g/mol. The zero-order valence-electron chi connectivity index (χ0n) is 29.1. The first-order valence-electron chi connectivity index (χ1n) is 18.5. The molecular formula is C53H34. The Hall–Kier alpha value is -6.76. The van der Waals surface area contributed by atoms with E-state index in [1.807, 2.05) is 0 Å². The van der Waals surface area contributed by atoms with E-state index in [4.69, 9.17) is 0 Å². The molecule has 10 aromatic carbocycles. The Labute approximate surface area is 309 Å². The number of hydrogen-bond donors (Lipinski definition) is 0. The molecule has 0 heterocycles. The Balaban J connectivity index is 1.27. The van der Waals surface area contributed by atoms with Gasteiger partial charge in [0.05, 0.1) is 5.41 Å². The minimum absolute atomic E-state index is 0.498. The summed E-state index contributed by atoms with van der Waals surface area (Å²) in [5, 5.41) is 10.2. The van der Waals surface area contributed by atoms with Gasteiger partial charge in [0.25, 0.3) is 0 Å². The molecule has 1 aliphatic rings. The lowest BCUT2D eigenvalue weighted by molar-refractivity contribution is 0.769. The van der Waals surface area contributed by atoms with E-state index in [0.29, 0.717) is 0 Å². The summed E-state index contributed by atoms with van der Waals surface area (Å²) in [6.07, 6.45) is 0. The van der Waals surface area contributed by atoms with E-state index in [9.17, 15) is 0 Å². The molecule has 0 aromatic heterocycles. The zero-order chi connectivity index (χ0) is 34.9. The van der Waals surface area contributed by atoms with Crippen LogP contribution in [0, 0.1) is 0 Å². The lowest BCUT2D eigenvalue weighted by Gasteiger charge is -2.34. The third-order valence-corrected chi connectivity index (χ3v) is 11.7. The molecule has 1 aliphatic carbocycles. The van der Waals surface area contributed by atoms with Gasteiger partial charge in [-0.25, -0.2) is 0 Å². The second-order valence-electron chi connectivity index (χ2n) is 14.3. The Morgan fingerprint density at radius 2 is 0.755 bits per heavy atom. The highest BCUT2D eigenvalue weighted by Gasteiger charge is 2.46. The van der Waals surface area contributed by atoms with Gasteiger partial charge in [-0.05, 0) is 105 Å². The molecule has 0 radical (unpaired) electrons. The van der Waals surface area contributed by atoms with Gasteiger partial charge >= 0.3 is 0 Å². The Morgan fingerprint density at radius 1 is 0.264 bits per heavy atom. The van der Waals surface area contributed by atoms with Crippen LogP contribution >= 0.6 is 0 Å². The quantitative estimate of drug-likeness (QED) is 0.164. The van der Waals surface area contributed by atoms with Crippen molar-refractivity contribution in [2.45, 2.75) is 5.41 Å². The van der Waals surface area contributed by atoms with Crippen LogP contribution in [0.4, 0.5) is 0 Å². The lowest BCUT2D eigenvalue weighted by Crippen LogP contribution is -2.28. The van der Waals surface area contributed by atoms with E-state index in [1.165, 1.54) is 98.7 Å². The highest BCUT2D eigenvalue weighted by atomic mass is 14.5. The number of hydrogen-bond acceptors (Lipinski definition) is 0. The number of rotatable bonds is 4. The minimum atomic E-state index is -0.498. The van der Waals surface area contributed by atoms with Crippen LogP contribution in [0.2, 0.25) is 0 Å². The van der Waals surface area contributed by atoms with Gasteiger partial charge < -0.3 is 0 Å². The molecule has 0 atom stereocenters. The van der Waals surface area contributed by atoms with Crippen LogP contribution in [0.15, 0.2) is 206 Å². The van der Waals surface area contributed by atoms with Crippen LogP contribution in [-0.2, 0) is 5.41 Å². The topological polar surface area (TPSA) is 0 Å². The normalized spacial score (nSPS) is 13.1. The van der Waals surface area contributed by atoms with Gasteiger partial charge in [0.1, 0.15) is 0 Å². The fourth-order valence-corrected chi connectivity index (χ4v) is 9.59. The predicted octanol–water partition coefficient (Wildman–Crippen LogP) is 14.0. The van der Waals surface area contributed by atoms with Gasteiger partial charge in [-0.15, -0.1) is 0 Å². The second kappa shape index (κ2) is 11.6. The van der Waals surface area contributed by atoms with E-state index < -0.39 is 5.41 Å². The van der Waals surface area contributed by atoms with Gasteiger partial charge in [-0.2, -0.15) is 0 Å². The molecule has 53 heavy (non-hydrogen) atoms. The molecule has 0 bridgehead atoms. The van der Waals surface area contributed by atoms with Crippen molar-refractivity contribution in [1.82, 2.24) is 0 Å². The summed E-state index contributed by atoms with van der Waals surface area (Å²) in [5.74, 6) is 0. The van der Waals surface area contributed by atoms with Crippen molar-refractivity contribution >= 4 is 43.1 Å². The fraction of sp³-hybridized carbons (Fsp3) is 0.0189. The summed E-state index contributed by atoms with van der Waals surface area (Å²) >= 11 is 0. The second-order valence-corrected chi connectivity index (χ2v) is 14.3. The van der Waals surface area contributed by atoms with E-state index in [1.54, 1.807) is 0 Å². The maximum Gasteiger partial charge on any atom is 0.0714 e. The van der Waals surface area contributed by atoms with Crippen molar-refractivity contribution in [1.29, 1.82) is 0 Å². The van der Waals surface area contributed by atoms with Crippen LogP contribution in [0.1, 0.15) is 22.3 Å². The standard InChI is InChI=1S/C53H34/c1-3-19-38(20-4-1)53(39-21-5-2-6-22-39)48-33-31-36-17-8-10-24-41(36)52(48)47-32-30-37(34-49(47)53)50-43-25-11-13-27-45(43)51(46-28-14-12-26-44(46)50)42-29-15-18-35-16-7-9-23-40(35)42/h1-34H. The molecule has 0 fully saturated rings. The highest BCUT2D eigenvalue weighted by Crippen LogP contribution is 2.59. The lowest BCUT2D eigenvalue weighted by atomic mass is 9.67. The number of benzene rings is 10. The molecule has 0 amide bonds. The molecule has 11 rings (SSSR count). The third kappa shape index (κ3) is 4.24. The van der Waals surface area contributed by atoms with Gasteiger partial charge in [-0.3, -0.25) is 0 Å². The maximum absolute atomic E-state index is 2.52. The van der Waals surface area contributed by atoms with Gasteiger partial charge in [0.15, 0.2) is 0 Å². The molecule has 246 valence electrons. The zero-order valence-corrected chi connectivity index (χ0v) is 29.1. The van der Waals surface area contributed by atoms with Crippen LogP contribution in [-0.4, -0.2) is 0 Å². The van der Waals surface area contributed by atoms with Crippen molar-refractivity contribution in [3.8, 4) is 33.4 Å². The first-order chi connectivity index (χ1) is 26.3. The van der Waals surface area contributed by atoms with Crippen LogP contribution in [0.3, 0.4) is 0 Å². The molecule has 0 unspecified atom stereocenters. The average molecular weight is 671 g/mol. The molecule has 0 aliphatic heterocycles. The summed E-state index contributed by atoms with van der Waals surface area (Å²) < 4.78 is 0. The molecule has 0 saturated carbocycles. The highest BCUT2D eigenvalue weighted by molar-refractivity contribution is 6.23. The molecule has 0 heteroatoms. The molecular weight excluding hydrogens is 637 g/mol. The molecule has 0 N–H and O–H groups in total. The molecule has 0 nitrogen and oxygen atoms in total. The summed E-state index contributed by atoms with van der Waals surface area (Å²) in [5.41, 5.74) is 12.4. The van der Waals surface area contributed by atoms with E-state index in [-0.39, 0.29) is 0 Å². The smallest absolute Gasteiger partial charge is 0.0622 e. The third-order valence-electron chi connectivity index (χ3n) is 11.7. The SMILES string of the molecule is c1ccc(C2(c3ccccc3)c3cc(-c4c5ccccc5c(-c5cccc6ccccc56)c5ccccc45)ccc3-c3c2ccc2ccccc32)cc1. The largest absolute Gasteiger partial charge is 0.0714 e. The van der Waals surface area contributed by atoms with E-state index >= 15 is 0 Å². The first-order valence-corrected chi connectivity index (χ1v) is 18.5. The van der Waals surface area contributed by atoms with E-state index in [2.05, 4.69) is 206 Å². The van der Waals surface area contributed by atoms with Gasteiger partial charge in [0.2, 0.25) is 0 Å². The van der Waals surface area contributed by atoms with Crippen molar-refractivity contribution in [2.75, 3.05) is 0 Å². The molecule has 0 saturated heterocycles. The van der Waals surface area contributed by atoms with Crippen molar-refractivity contribution in [2.24, 2.45) is 0 Å². The van der Waals surface area contributed by atoms with E-state index in [0.717, 1.165) is 0 Å². The average Bonchev–Trinajstić information content (AvgIpc) is 3.54. The fourth-order valence-electron chi connectivity index (χ4n) is 9.59. The van der Waals surface area contributed by atoms with Gasteiger partial charge in [0, 0.05) is 0 Å². The van der Waals surface area contributed by atoms with Crippen LogP contribution < -0.4 is 0 Å². The van der Waals surface area contributed by atoms with Gasteiger partial charge in [-0.1, -0.05) is 200 Å². The van der Waals surface area contributed by atoms with Crippen LogP contribution in [0.5, 0.6) is 0 Å². The summed E-state index contributed by atoms with van der Waals surface area (Å²) in [4.78, 5) is 0. The Kier molecular flexibility index (Phi) is 6.57. The minimum Gasteiger partial charge on any atom is -0.0622 e. The Morgan fingerprint density at radius 3 is 1.38 bits per heavy atom. The van der Waals surface area contributed by atoms with Crippen LogP contribution in [0.25, 0.3) is 76.5 Å². The summed E-state index contributed by atoms with van der Waals surface area (Å²) in [6, 6.07) is 76.7. The van der Waals surface area contributed by atoms with Crippen molar-refractivity contribution < 1.29 is 0 Å². The summed E-state index contributed by atoms with van der Waals surface area (Å²) in [6.45, 7) is 0. The Bertz CT molecular complexity index is 2940. The van der Waals surface area contributed by atoms with Crippen molar-refractivity contribution in [3.63, 3.8) is 0 Å².